The molecule has 22 heavy (non-hydrogen) atoms. The van der Waals surface area contributed by atoms with Crippen molar-refractivity contribution >= 4 is 5.82 Å². The van der Waals surface area contributed by atoms with Gasteiger partial charge in [0, 0.05) is 17.8 Å². The van der Waals surface area contributed by atoms with Gasteiger partial charge in [0.25, 0.3) is 0 Å². The second kappa shape index (κ2) is 6.83. The minimum Gasteiger partial charge on any atom is -0.367 e. The number of nitrogens with zero attached hydrogens (tertiary/aromatic N) is 2. The lowest BCUT2D eigenvalue weighted by atomic mass is 10.1. The first kappa shape index (κ1) is 14.9. The van der Waals surface area contributed by atoms with Crippen molar-refractivity contribution in [3.8, 4) is 11.4 Å². The zero-order valence-corrected chi connectivity index (χ0v) is 12.8. The highest BCUT2D eigenvalue weighted by Gasteiger charge is 2.15. The van der Waals surface area contributed by atoms with Crippen molar-refractivity contribution in [1.29, 1.82) is 0 Å². The molecule has 5 heteroatoms. The van der Waals surface area contributed by atoms with Crippen LogP contribution in [-0.4, -0.2) is 29.1 Å². The lowest BCUT2D eigenvalue weighted by Gasteiger charge is -2.24. The fourth-order valence-corrected chi connectivity index (χ4v) is 2.69. The summed E-state index contributed by atoms with van der Waals surface area (Å²) in [4.78, 5) is 9.00. The molecule has 1 aromatic carbocycles. The van der Waals surface area contributed by atoms with Crippen molar-refractivity contribution in [2.24, 2.45) is 0 Å². The van der Waals surface area contributed by atoms with Gasteiger partial charge in [0.1, 0.15) is 11.6 Å². The maximum atomic E-state index is 14.0. The standard InChI is InChI=1S/C17H21FN4/c1-2-12-11-16(20-13-7-9-19-10-8-13)22-17(21-12)14-5-3-4-6-15(14)18/h3-6,11,13,19H,2,7-10H2,1H3,(H,20,21,22). The highest BCUT2D eigenvalue weighted by molar-refractivity contribution is 5.58. The number of anilines is 1. The van der Waals surface area contributed by atoms with E-state index in [1.165, 1.54) is 6.07 Å². The summed E-state index contributed by atoms with van der Waals surface area (Å²) in [7, 11) is 0. The number of halogens is 1. The topological polar surface area (TPSA) is 49.8 Å². The zero-order chi connectivity index (χ0) is 15.4. The summed E-state index contributed by atoms with van der Waals surface area (Å²) in [5.41, 5.74) is 1.37. The quantitative estimate of drug-likeness (QED) is 0.911. The molecule has 1 aliphatic heterocycles. The Labute approximate surface area is 130 Å². The molecule has 2 N–H and O–H groups in total. The van der Waals surface area contributed by atoms with Gasteiger partial charge >= 0.3 is 0 Å². The van der Waals surface area contributed by atoms with Crippen LogP contribution in [0.4, 0.5) is 10.2 Å². The minimum atomic E-state index is -0.288. The Balaban J connectivity index is 1.90. The van der Waals surface area contributed by atoms with Crippen LogP contribution in [0.1, 0.15) is 25.5 Å². The molecule has 0 spiro atoms. The Morgan fingerprint density at radius 3 is 2.73 bits per heavy atom. The smallest absolute Gasteiger partial charge is 0.164 e. The summed E-state index contributed by atoms with van der Waals surface area (Å²) in [5.74, 6) is 0.953. The maximum Gasteiger partial charge on any atom is 0.164 e. The van der Waals surface area contributed by atoms with E-state index in [0.717, 1.165) is 43.9 Å². The first-order chi connectivity index (χ1) is 10.8. The molecule has 0 radical (unpaired) electrons. The fraction of sp³-hybridized carbons (Fsp3) is 0.412. The van der Waals surface area contributed by atoms with Crippen molar-refractivity contribution < 1.29 is 4.39 Å². The zero-order valence-electron chi connectivity index (χ0n) is 12.8. The largest absolute Gasteiger partial charge is 0.367 e. The van der Waals surface area contributed by atoms with E-state index in [-0.39, 0.29) is 5.82 Å². The number of aryl methyl sites for hydroxylation is 1. The summed E-state index contributed by atoms with van der Waals surface area (Å²) >= 11 is 0. The third-order valence-corrected chi connectivity index (χ3v) is 3.95. The van der Waals surface area contributed by atoms with Crippen molar-refractivity contribution in [3.05, 3.63) is 41.8 Å². The SMILES string of the molecule is CCc1cc(NC2CCNCC2)nc(-c2ccccc2F)n1. The number of hydrogen-bond acceptors (Lipinski definition) is 4. The van der Waals surface area contributed by atoms with Crippen LogP contribution in [0.25, 0.3) is 11.4 Å². The number of rotatable bonds is 4. The molecule has 0 saturated carbocycles. The van der Waals surface area contributed by atoms with Gasteiger partial charge in [-0.1, -0.05) is 19.1 Å². The van der Waals surface area contributed by atoms with Crippen molar-refractivity contribution in [2.45, 2.75) is 32.2 Å². The Morgan fingerprint density at radius 2 is 2.00 bits per heavy atom. The van der Waals surface area contributed by atoms with Gasteiger partial charge in [-0.15, -0.1) is 0 Å². The van der Waals surface area contributed by atoms with Gasteiger partial charge in [-0.3, -0.25) is 0 Å². The fourth-order valence-electron chi connectivity index (χ4n) is 2.69. The van der Waals surface area contributed by atoms with E-state index in [9.17, 15) is 4.39 Å². The first-order valence-electron chi connectivity index (χ1n) is 7.86. The summed E-state index contributed by atoms with van der Waals surface area (Å²) in [6.07, 6.45) is 2.94. The van der Waals surface area contributed by atoms with E-state index >= 15 is 0 Å². The molecule has 0 atom stereocenters. The number of nitrogens with one attached hydrogen (secondary N) is 2. The first-order valence-corrected chi connectivity index (χ1v) is 7.86. The molecule has 116 valence electrons. The van der Waals surface area contributed by atoms with Crippen molar-refractivity contribution in [2.75, 3.05) is 18.4 Å². The minimum absolute atomic E-state index is 0.288. The van der Waals surface area contributed by atoms with Gasteiger partial charge in [0.2, 0.25) is 0 Å². The van der Waals surface area contributed by atoms with Crippen LogP contribution in [0, 0.1) is 5.82 Å². The van der Waals surface area contributed by atoms with E-state index in [2.05, 4.69) is 20.6 Å². The molecule has 0 bridgehead atoms. The molecular formula is C17H21FN4. The summed E-state index contributed by atoms with van der Waals surface area (Å²) in [6, 6.07) is 9.02. The molecule has 0 amide bonds. The van der Waals surface area contributed by atoms with Crippen LogP contribution in [0.2, 0.25) is 0 Å². The molecular weight excluding hydrogens is 279 g/mol. The number of hydrogen-bond donors (Lipinski definition) is 2. The molecule has 1 saturated heterocycles. The highest BCUT2D eigenvalue weighted by Crippen LogP contribution is 2.22. The lowest BCUT2D eigenvalue weighted by Crippen LogP contribution is -2.35. The number of piperidine rings is 1. The lowest BCUT2D eigenvalue weighted by molar-refractivity contribution is 0.478. The van der Waals surface area contributed by atoms with E-state index in [0.29, 0.717) is 17.4 Å². The van der Waals surface area contributed by atoms with Crippen molar-refractivity contribution in [3.63, 3.8) is 0 Å². The molecule has 1 aromatic heterocycles. The Morgan fingerprint density at radius 1 is 1.23 bits per heavy atom. The maximum absolute atomic E-state index is 14.0. The highest BCUT2D eigenvalue weighted by atomic mass is 19.1. The summed E-state index contributed by atoms with van der Waals surface area (Å²) in [5, 5.41) is 6.82. The van der Waals surface area contributed by atoms with Gasteiger partial charge in [0.05, 0.1) is 5.56 Å². The van der Waals surface area contributed by atoms with E-state index in [1.807, 2.05) is 13.0 Å². The Kier molecular flexibility index (Phi) is 4.63. The van der Waals surface area contributed by atoms with Gasteiger partial charge < -0.3 is 10.6 Å². The molecule has 2 heterocycles. The van der Waals surface area contributed by atoms with Gasteiger partial charge in [-0.05, 0) is 44.5 Å². The predicted molar refractivity (Wildman–Crippen MR) is 86.3 cm³/mol. The van der Waals surface area contributed by atoms with E-state index in [4.69, 9.17) is 0 Å². The van der Waals surface area contributed by atoms with Crippen LogP contribution in [0.3, 0.4) is 0 Å². The predicted octanol–water partition coefficient (Wildman–Crippen LogP) is 3.01. The third-order valence-electron chi connectivity index (χ3n) is 3.95. The average Bonchev–Trinajstić information content (AvgIpc) is 2.56. The molecule has 0 unspecified atom stereocenters. The second-order valence-electron chi connectivity index (χ2n) is 5.57. The average molecular weight is 300 g/mol. The molecule has 4 nitrogen and oxygen atoms in total. The number of aromatic nitrogens is 2. The van der Waals surface area contributed by atoms with Gasteiger partial charge in [-0.25, -0.2) is 14.4 Å². The molecule has 1 aliphatic rings. The normalized spacial score (nSPS) is 15.7. The monoisotopic (exact) mass is 300 g/mol. The number of benzene rings is 1. The molecule has 1 fully saturated rings. The van der Waals surface area contributed by atoms with Crippen LogP contribution in [-0.2, 0) is 6.42 Å². The van der Waals surface area contributed by atoms with Crippen molar-refractivity contribution in [1.82, 2.24) is 15.3 Å². The molecule has 0 aliphatic carbocycles. The van der Waals surface area contributed by atoms with Crippen LogP contribution in [0.15, 0.2) is 30.3 Å². The Hall–Kier alpha value is -2.01. The van der Waals surface area contributed by atoms with Crippen LogP contribution < -0.4 is 10.6 Å². The third kappa shape index (κ3) is 3.42. The molecule has 2 aromatic rings. The van der Waals surface area contributed by atoms with Gasteiger partial charge in [0.15, 0.2) is 5.82 Å². The molecule has 3 rings (SSSR count). The van der Waals surface area contributed by atoms with Crippen LogP contribution in [0.5, 0.6) is 0 Å². The van der Waals surface area contributed by atoms with E-state index < -0.39 is 0 Å². The van der Waals surface area contributed by atoms with Crippen LogP contribution >= 0.6 is 0 Å². The Bertz CT molecular complexity index is 638. The van der Waals surface area contributed by atoms with Gasteiger partial charge in [-0.2, -0.15) is 0 Å². The summed E-state index contributed by atoms with van der Waals surface area (Å²) in [6.45, 7) is 4.08. The second-order valence-corrected chi connectivity index (χ2v) is 5.57. The van der Waals surface area contributed by atoms with E-state index in [1.54, 1.807) is 18.2 Å². The summed E-state index contributed by atoms with van der Waals surface area (Å²) < 4.78 is 14.0.